The summed E-state index contributed by atoms with van der Waals surface area (Å²) in [5, 5.41) is 35.1. The lowest BCUT2D eigenvalue weighted by Gasteiger charge is -2.40. The van der Waals surface area contributed by atoms with Crippen LogP contribution in [0.5, 0.6) is 11.5 Å². The molecule has 2 aliphatic heterocycles. The predicted octanol–water partition coefficient (Wildman–Crippen LogP) is 2.74. The Hall–Kier alpha value is -3.97. The van der Waals surface area contributed by atoms with Crippen LogP contribution in [0.2, 0.25) is 0 Å². The number of nitrogens with zero attached hydrogens (tertiary/aromatic N) is 1. The van der Waals surface area contributed by atoms with Gasteiger partial charge in [-0.05, 0) is 61.6 Å². The number of amides is 2. The molecule has 2 fully saturated rings. The summed E-state index contributed by atoms with van der Waals surface area (Å²) in [6.07, 6.45) is -4.27. The van der Waals surface area contributed by atoms with E-state index in [9.17, 15) is 24.9 Å². The highest BCUT2D eigenvalue weighted by Gasteiger charge is 2.45. The maximum absolute atomic E-state index is 13.5. The fourth-order valence-electron chi connectivity index (χ4n) is 4.51. The first-order valence-corrected chi connectivity index (χ1v) is 13.2. The number of para-hydroxylation sites is 1. The first-order valence-electron chi connectivity index (χ1n) is 12.8. The monoisotopic (exact) mass is 576 g/mol. The van der Waals surface area contributed by atoms with Gasteiger partial charge in [0.15, 0.2) is 11.4 Å². The van der Waals surface area contributed by atoms with E-state index in [4.69, 9.17) is 26.4 Å². The summed E-state index contributed by atoms with van der Waals surface area (Å²) >= 11 is 5.26. The highest BCUT2D eigenvalue weighted by atomic mass is 32.1. The average Bonchev–Trinajstić information content (AvgIpc) is 2.97. The predicted molar refractivity (Wildman–Crippen MR) is 152 cm³/mol. The number of carbonyl (C=O) groups excluding carboxylic acids is 2. The molecule has 0 bridgehead atoms. The smallest absolute Gasteiger partial charge is 0.270 e. The highest BCUT2D eigenvalue weighted by molar-refractivity contribution is 7.80. The van der Waals surface area contributed by atoms with Crippen molar-refractivity contribution in [3.63, 3.8) is 0 Å². The zero-order chi connectivity index (χ0) is 29.1. The molecule has 2 amide bonds. The van der Waals surface area contributed by atoms with Gasteiger partial charge in [0.1, 0.15) is 41.0 Å². The molecule has 11 heteroatoms. The van der Waals surface area contributed by atoms with Crippen LogP contribution in [0.15, 0.2) is 96.6 Å². The van der Waals surface area contributed by atoms with E-state index in [1.54, 1.807) is 60.7 Å². The molecule has 2 saturated heterocycles. The number of hydrogen-bond acceptors (Lipinski definition) is 9. The Morgan fingerprint density at radius 2 is 1.63 bits per heavy atom. The largest absolute Gasteiger partial charge is 0.457 e. The number of rotatable bonds is 7. The van der Waals surface area contributed by atoms with Crippen LogP contribution in [0.4, 0.5) is 5.69 Å². The maximum Gasteiger partial charge on any atom is 0.270 e. The third-order valence-electron chi connectivity index (χ3n) is 6.67. The third-order valence-corrected chi connectivity index (χ3v) is 6.96. The molecule has 0 aliphatic carbocycles. The normalized spacial score (nSPS) is 24.5. The van der Waals surface area contributed by atoms with Crippen molar-refractivity contribution >= 4 is 34.8 Å². The third kappa shape index (κ3) is 6.20. The first-order chi connectivity index (χ1) is 19.6. The SMILES string of the molecule is C[C@](O)(C=C1C(=O)NC(=S)N(c2ccc(Oc3ccccc3)cc2)C1=O)C(O)[C@@H]1OC(c2ccccc2)OC[C@H]1O. The van der Waals surface area contributed by atoms with Crippen molar-refractivity contribution in [1.29, 1.82) is 0 Å². The molecule has 5 atom stereocenters. The van der Waals surface area contributed by atoms with Crippen molar-refractivity contribution in [3.05, 3.63) is 102 Å². The van der Waals surface area contributed by atoms with E-state index in [0.717, 1.165) is 11.0 Å². The van der Waals surface area contributed by atoms with E-state index in [-0.39, 0.29) is 11.7 Å². The van der Waals surface area contributed by atoms with Crippen LogP contribution < -0.4 is 15.0 Å². The highest BCUT2D eigenvalue weighted by Crippen LogP contribution is 2.32. The second kappa shape index (κ2) is 11.9. The van der Waals surface area contributed by atoms with Crippen molar-refractivity contribution in [2.75, 3.05) is 11.5 Å². The number of nitrogens with one attached hydrogen (secondary N) is 1. The van der Waals surface area contributed by atoms with Gasteiger partial charge in [-0.15, -0.1) is 0 Å². The van der Waals surface area contributed by atoms with Crippen LogP contribution in [0, 0.1) is 0 Å². The summed E-state index contributed by atoms with van der Waals surface area (Å²) < 4.78 is 17.1. The number of benzene rings is 3. The van der Waals surface area contributed by atoms with Crippen molar-refractivity contribution in [3.8, 4) is 11.5 Å². The summed E-state index contributed by atoms with van der Waals surface area (Å²) in [5.41, 5.74) is -1.63. The van der Waals surface area contributed by atoms with Gasteiger partial charge in [0.25, 0.3) is 11.8 Å². The zero-order valence-electron chi connectivity index (χ0n) is 21.9. The quantitative estimate of drug-likeness (QED) is 0.190. The Kier molecular flexibility index (Phi) is 8.27. The van der Waals surface area contributed by atoms with Crippen molar-refractivity contribution in [1.82, 2.24) is 5.32 Å². The minimum absolute atomic E-state index is 0.150. The molecule has 4 N–H and O–H groups in total. The van der Waals surface area contributed by atoms with E-state index in [1.807, 2.05) is 24.3 Å². The van der Waals surface area contributed by atoms with Crippen LogP contribution in [-0.2, 0) is 19.1 Å². The van der Waals surface area contributed by atoms with Crippen LogP contribution in [0.1, 0.15) is 18.8 Å². The lowest BCUT2D eigenvalue weighted by molar-refractivity contribution is -0.287. The Bertz CT molecular complexity index is 1450. The molecule has 3 aromatic carbocycles. The van der Waals surface area contributed by atoms with Gasteiger partial charge < -0.3 is 29.5 Å². The van der Waals surface area contributed by atoms with E-state index in [0.29, 0.717) is 22.7 Å². The Morgan fingerprint density at radius 1 is 1.02 bits per heavy atom. The van der Waals surface area contributed by atoms with Crippen LogP contribution in [-0.4, -0.2) is 62.8 Å². The summed E-state index contributed by atoms with van der Waals surface area (Å²) in [6, 6.07) is 24.5. The Balaban J connectivity index is 1.35. The lowest BCUT2D eigenvalue weighted by Crippen LogP contribution is -2.57. The first kappa shape index (κ1) is 28.6. The Morgan fingerprint density at radius 3 is 2.29 bits per heavy atom. The molecule has 3 aromatic rings. The number of aliphatic hydroxyl groups excluding tert-OH is 2. The zero-order valence-corrected chi connectivity index (χ0v) is 22.7. The standard InChI is InChI=1S/C30H28N2O8S/c1-30(37,25(34)24-23(33)17-38-28(40-24)18-8-4-2-5-9-18)16-22-26(35)31-29(41)32(27(22)36)19-12-14-21(15-13-19)39-20-10-6-3-7-11-20/h2-16,23-25,28,33-34,37H,17H2,1H3,(H,31,35,41)/t23-,24-,25?,28?,30+/m1/s1. The lowest BCUT2D eigenvalue weighted by atomic mass is 9.88. The summed E-state index contributed by atoms with van der Waals surface area (Å²) in [5.74, 6) is -0.497. The number of aliphatic hydroxyl groups is 3. The summed E-state index contributed by atoms with van der Waals surface area (Å²) in [7, 11) is 0. The number of hydrogen-bond donors (Lipinski definition) is 4. The van der Waals surface area contributed by atoms with Gasteiger partial charge in [0.05, 0.1) is 12.3 Å². The summed E-state index contributed by atoms with van der Waals surface area (Å²) in [4.78, 5) is 27.4. The molecule has 212 valence electrons. The molecule has 2 unspecified atom stereocenters. The maximum atomic E-state index is 13.5. The topological polar surface area (TPSA) is 138 Å². The minimum atomic E-state index is -2.18. The van der Waals surface area contributed by atoms with Gasteiger partial charge in [-0.3, -0.25) is 19.8 Å². The Labute approximate surface area is 241 Å². The van der Waals surface area contributed by atoms with Gasteiger partial charge in [-0.1, -0.05) is 48.5 Å². The molecule has 41 heavy (non-hydrogen) atoms. The van der Waals surface area contributed by atoms with Crippen molar-refractivity contribution in [2.24, 2.45) is 0 Å². The molecule has 0 radical (unpaired) electrons. The number of anilines is 1. The van der Waals surface area contributed by atoms with E-state index < -0.39 is 47.6 Å². The number of ether oxygens (including phenoxy) is 3. The van der Waals surface area contributed by atoms with Crippen LogP contribution in [0.3, 0.4) is 0 Å². The van der Waals surface area contributed by atoms with Crippen LogP contribution >= 0.6 is 12.2 Å². The summed E-state index contributed by atoms with van der Waals surface area (Å²) in [6.45, 7) is 1.04. The molecule has 0 spiro atoms. The van der Waals surface area contributed by atoms with Crippen LogP contribution in [0.25, 0.3) is 0 Å². The average molecular weight is 577 g/mol. The molecule has 2 heterocycles. The molecule has 10 nitrogen and oxygen atoms in total. The fraction of sp³-hybridized carbons (Fsp3) is 0.233. The number of carbonyl (C=O) groups is 2. The minimum Gasteiger partial charge on any atom is -0.457 e. The van der Waals surface area contributed by atoms with E-state index in [2.05, 4.69) is 5.32 Å². The number of thiocarbonyl (C=S) groups is 1. The van der Waals surface area contributed by atoms with Gasteiger partial charge in [0.2, 0.25) is 0 Å². The second-order valence-corrected chi connectivity index (χ2v) is 10.2. The van der Waals surface area contributed by atoms with Gasteiger partial charge >= 0.3 is 0 Å². The van der Waals surface area contributed by atoms with Crippen molar-refractivity contribution in [2.45, 2.75) is 37.1 Å². The van der Waals surface area contributed by atoms with E-state index >= 15 is 0 Å². The molecule has 0 aromatic heterocycles. The molecule has 0 saturated carbocycles. The van der Waals surface area contributed by atoms with Crippen molar-refractivity contribution < 1.29 is 39.1 Å². The van der Waals surface area contributed by atoms with Gasteiger partial charge in [0, 0.05) is 5.56 Å². The van der Waals surface area contributed by atoms with Gasteiger partial charge in [-0.25, -0.2) is 0 Å². The van der Waals surface area contributed by atoms with Gasteiger partial charge in [-0.2, -0.15) is 0 Å². The molecular weight excluding hydrogens is 548 g/mol. The molecule has 5 rings (SSSR count). The second-order valence-electron chi connectivity index (χ2n) is 9.78. The van der Waals surface area contributed by atoms with E-state index in [1.165, 1.54) is 6.92 Å². The fourth-order valence-corrected chi connectivity index (χ4v) is 4.79. The molecule has 2 aliphatic rings. The molecular formula is C30H28N2O8S.